The molecule has 8 aromatic carbocycles. The molecule has 10 aromatic rings. The Morgan fingerprint density at radius 2 is 1.04 bits per heavy atom. The SMILES string of the molecule is [U+2].[c-]1ccccc1-c1[c-]c(-c2cc(-c3ccccc3)nc(-c3ccc(-n4c5ccc6ccccc6c5c5c6ccccc6ccc54)cc3)n2)ccc1. The molecule has 0 amide bonds. The van der Waals surface area contributed by atoms with Crippen LogP contribution < -0.4 is 0 Å². The average Bonchev–Trinajstić information content (AvgIpc) is 3.57. The van der Waals surface area contributed by atoms with Crippen molar-refractivity contribution >= 4 is 43.4 Å². The number of nitrogens with zero attached hydrogens (tertiary/aromatic N) is 3. The van der Waals surface area contributed by atoms with Gasteiger partial charge in [0.05, 0.1) is 16.7 Å². The molecule has 3 nitrogen and oxygen atoms in total. The van der Waals surface area contributed by atoms with Gasteiger partial charge in [-0.25, -0.2) is 10.5 Å². The third kappa shape index (κ3) is 5.53. The van der Waals surface area contributed by atoms with Gasteiger partial charge in [-0.1, -0.05) is 91.0 Å². The molecular formula is C48H29N3U. The summed E-state index contributed by atoms with van der Waals surface area (Å²) in [7, 11) is 0. The zero-order valence-electron chi connectivity index (χ0n) is 28.1. The van der Waals surface area contributed by atoms with E-state index in [-0.39, 0.29) is 31.1 Å². The first-order valence-electron chi connectivity index (χ1n) is 17.2. The van der Waals surface area contributed by atoms with Crippen LogP contribution in [0.1, 0.15) is 0 Å². The summed E-state index contributed by atoms with van der Waals surface area (Å²) in [5.74, 6) is 0.669. The second kappa shape index (κ2) is 13.4. The first kappa shape index (κ1) is 32.1. The molecule has 0 unspecified atom stereocenters. The van der Waals surface area contributed by atoms with Crippen molar-refractivity contribution in [1.29, 1.82) is 0 Å². The Hall–Kier alpha value is -5.79. The molecule has 0 fully saturated rings. The fourth-order valence-corrected chi connectivity index (χ4v) is 7.39. The molecule has 0 radical (unpaired) electrons. The summed E-state index contributed by atoms with van der Waals surface area (Å²) in [6.45, 7) is 0. The molecule has 0 atom stereocenters. The Kier molecular flexibility index (Phi) is 8.28. The topological polar surface area (TPSA) is 30.7 Å². The standard InChI is InChI=1S/C48H29N3.U/c1-3-12-32(13-4-1)37-18-11-19-38(30-37)43-31-42(35-16-5-2-6-17-35)49-48(50-43)36-22-26-39(27-23-36)51-44-28-24-33-14-7-9-20-40(33)46(44)47-41-21-10-8-15-34(41)25-29-45(47)51;/h1-12,14-29,31H;/q-2;+2. The molecule has 0 aliphatic rings. The van der Waals surface area contributed by atoms with Gasteiger partial charge >= 0.3 is 31.1 Å². The maximum atomic E-state index is 5.14. The minimum absolute atomic E-state index is 0. The number of aromatic nitrogens is 3. The second-order valence-electron chi connectivity index (χ2n) is 12.8. The quantitative estimate of drug-likeness (QED) is 0.161. The molecule has 0 bridgehead atoms. The van der Waals surface area contributed by atoms with Crippen molar-refractivity contribution < 1.29 is 31.1 Å². The van der Waals surface area contributed by atoms with Crippen molar-refractivity contribution in [2.75, 3.05) is 0 Å². The number of hydrogen-bond acceptors (Lipinski definition) is 2. The molecule has 0 N–H and O–H groups in total. The molecule has 0 aliphatic heterocycles. The number of benzene rings is 8. The Labute approximate surface area is 325 Å². The zero-order valence-corrected chi connectivity index (χ0v) is 32.2. The van der Waals surface area contributed by atoms with Gasteiger partial charge in [0.2, 0.25) is 0 Å². The van der Waals surface area contributed by atoms with Crippen LogP contribution in [0, 0.1) is 43.2 Å². The van der Waals surface area contributed by atoms with E-state index in [0.717, 1.165) is 44.9 Å². The molecule has 10 rings (SSSR count). The minimum atomic E-state index is 0. The molecule has 2 aromatic heterocycles. The van der Waals surface area contributed by atoms with Crippen LogP contribution in [0.4, 0.5) is 0 Å². The van der Waals surface area contributed by atoms with Gasteiger partial charge in [0.1, 0.15) is 0 Å². The van der Waals surface area contributed by atoms with Gasteiger partial charge in [0, 0.05) is 27.7 Å². The van der Waals surface area contributed by atoms with Crippen LogP contribution in [0.15, 0.2) is 176 Å². The molecule has 0 spiro atoms. The molecule has 240 valence electrons. The van der Waals surface area contributed by atoms with Crippen molar-refractivity contribution in [3.63, 3.8) is 0 Å². The Morgan fingerprint density at radius 3 is 1.71 bits per heavy atom. The van der Waals surface area contributed by atoms with E-state index < -0.39 is 0 Å². The average molecular weight is 886 g/mol. The summed E-state index contributed by atoms with van der Waals surface area (Å²) in [5.41, 5.74) is 10.0. The summed E-state index contributed by atoms with van der Waals surface area (Å²) < 4.78 is 2.39. The van der Waals surface area contributed by atoms with E-state index in [1.807, 2.05) is 36.4 Å². The third-order valence-corrected chi connectivity index (χ3v) is 9.80. The summed E-state index contributed by atoms with van der Waals surface area (Å²) in [5, 5.41) is 7.55. The first-order valence-corrected chi connectivity index (χ1v) is 17.2. The van der Waals surface area contributed by atoms with Gasteiger partial charge in [0.25, 0.3) is 0 Å². The van der Waals surface area contributed by atoms with Crippen molar-refractivity contribution in [3.05, 3.63) is 188 Å². The van der Waals surface area contributed by atoms with Gasteiger partial charge in [-0.05, 0) is 69.6 Å². The van der Waals surface area contributed by atoms with Crippen molar-refractivity contribution in [2.24, 2.45) is 0 Å². The van der Waals surface area contributed by atoms with Crippen molar-refractivity contribution in [3.8, 4) is 50.7 Å². The summed E-state index contributed by atoms with van der Waals surface area (Å²) in [6, 6.07) is 68.5. The van der Waals surface area contributed by atoms with E-state index in [9.17, 15) is 0 Å². The van der Waals surface area contributed by atoms with E-state index in [4.69, 9.17) is 9.97 Å². The summed E-state index contributed by atoms with van der Waals surface area (Å²) in [4.78, 5) is 10.2. The van der Waals surface area contributed by atoms with E-state index in [2.05, 4.69) is 156 Å². The summed E-state index contributed by atoms with van der Waals surface area (Å²) >= 11 is 0. The largest absolute Gasteiger partial charge is 2.00 e. The molecule has 0 aliphatic carbocycles. The van der Waals surface area contributed by atoms with Crippen LogP contribution in [0.5, 0.6) is 0 Å². The van der Waals surface area contributed by atoms with E-state index in [0.29, 0.717) is 5.82 Å². The van der Waals surface area contributed by atoms with Crippen LogP contribution in [-0.4, -0.2) is 14.5 Å². The van der Waals surface area contributed by atoms with Gasteiger partial charge in [0.15, 0.2) is 5.82 Å². The molecular weight excluding hydrogens is 857 g/mol. The monoisotopic (exact) mass is 885 g/mol. The molecule has 52 heavy (non-hydrogen) atoms. The molecule has 2 heterocycles. The zero-order chi connectivity index (χ0) is 33.7. The normalized spacial score (nSPS) is 11.3. The van der Waals surface area contributed by atoms with Crippen molar-refractivity contribution in [2.45, 2.75) is 0 Å². The van der Waals surface area contributed by atoms with Gasteiger partial charge in [-0.2, -0.15) is 42.0 Å². The van der Waals surface area contributed by atoms with Crippen molar-refractivity contribution in [1.82, 2.24) is 14.5 Å². The maximum Gasteiger partial charge on any atom is 2.00 e. The number of hydrogen-bond donors (Lipinski definition) is 0. The third-order valence-electron chi connectivity index (χ3n) is 9.80. The van der Waals surface area contributed by atoms with E-state index in [1.54, 1.807) is 0 Å². The second-order valence-corrected chi connectivity index (χ2v) is 12.8. The maximum absolute atomic E-state index is 5.14. The van der Waals surface area contributed by atoms with Gasteiger partial charge in [-0.3, -0.25) is 4.98 Å². The molecule has 4 heteroatoms. The van der Waals surface area contributed by atoms with Gasteiger partial charge < -0.3 is 4.57 Å². The first-order chi connectivity index (χ1) is 25.3. The van der Waals surface area contributed by atoms with Crippen LogP contribution >= 0.6 is 0 Å². The van der Waals surface area contributed by atoms with Crippen LogP contribution in [0.25, 0.3) is 94.1 Å². The number of fused-ring (bicyclic) bond motifs is 7. The predicted octanol–water partition coefficient (Wildman–Crippen LogP) is 12.1. The van der Waals surface area contributed by atoms with E-state index in [1.165, 1.54) is 43.4 Å². The van der Waals surface area contributed by atoms with E-state index >= 15 is 0 Å². The fourth-order valence-electron chi connectivity index (χ4n) is 7.39. The Bertz CT molecular complexity index is 2800. The van der Waals surface area contributed by atoms with Crippen LogP contribution in [0.3, 0.4) is 0 Å². The smallest absolute Gasteiger partial charge is 0.309 e. The molecule has 0 saturated carbocycles. The van der Waals surface area contributed by atoms with Gasteiger partial charge in [-0.15, -0.1) is 23.8 Å². The fraction of sp³-hybridized carbons (Fsp3) is 0. The Balaban J connectivity index is 0.00000360. The van der Waals surface area contributed by atoms with Crippen LogP contribution in [0.2, 0.25) is 0 Å². The molecule has 0 saturated heterocycles. The minimum Gasteiger partial charge on any atom is -0.309 e. The Morgan fingerprint density at radius 1 is 0.442 bits per heavy atom. The number of rotatable bonds is 5. The van der Waals surface area contributed by atoms with Crippen LogP contribution in [-0.2, 0) is 0 Å². The predicted molar refractivity (Wildman–Crippen MR) is 211 cm³/mol. The summed E-state index contributed by atoms with van der Waals surface area (Å²) in [6.07, 6.45) is 0.